The van der Waals surface area contributed by atoms with Crippen LogP contribution >= 0.6 is 0 Å². The molecule has 0 spiro atoms. The van der Waals surface area contributed by atoms with Crippen molar-refractivity contribution in [3.8, 4) is 0 Å². The summed E-state index contributed by atoms with van der Waals surface area (Å²) >= 11 is 0. The zero-order valence-electron chi connectivity index (χ0n) is 13.0. The fraction of sp³-hybridized carbons (Fsp3) is 0.353. The van der Waals surface area contributed by atoms with E-state index in [0.717, 1.165) is 0 Å². The number of benzene rings is 1. The van der Waals surface area contributed by atoms with Crippen LogP contribution in [0.15, 0.2) is 42.7 Å². The highest BCUT2D eigenvalue weighted by atomic mass is 19.1. The molecule has 1 aliphatic rings. The number of rotatable bonds is 6. The summed E-state index contributed by atoms with van der Waals surface area (Å²) in [5.74, 6) is -2.39. The molecule has 2 atom stereocenters. The third-order valence-electron chi connectivity index (χ3n) is 4.31. The maximum atomic E-state index is 13.2. The number of aryl methyl sites for hydroxylation is 1. The number of aliphatic carboxylic acids is 1. The molecular weight excluding hydrogens is 313 g/mol. The van der Waals surface area contributed by atoms with E-state index in [1.807, 2.05) is 12.3 Å². The normalized spacial score (nSPS) is 20.5. The Labute approximate surface area is 138 Å². The van der Waals surface area contributed by atoms with Gasteiger partial charge in [0, 0.05) is 31.9 Å². The third-order valence-corrected chi connectivity index (χ3v) is 4.31. The van der Waals surface area contributed by atoms with Gasteiger partial charge in [-0.3, -0.25) is 14.3 Å². The summed E-state index contributed by atoms with van der Waals surface area (Å²) < 4.78 is 14.9. The molecule has 3 rings (SSSR count). The molecule has 1 N–H and O–H groups in total. The van der Waals surface area contributed by atoms with E-state index in [4.69, 9.17) is 0 Å². The van der Waals surface area contributed by atoms with E-state index in [2.05, 4.69) is 5.10 Å². The van der Waals surface area contributed by atoms with Crippen LogP contribution in [0.5, 0.6) is 0 Å². The standard InChI is InChI=1S/C17H18FN3O3/c18-13-5-3-12(4-6-13)16-14(17(23)24)11-15(22)21(16)10-2-9-20-8-1-7-19-20/h1,3-8,14,16H,2,9-11H2,(H,23,24). The lowest BCUT2D eigenvalue weighted by atomic mass is 9.93. The van der Waals surface area contributed by atoms with Crippen molar-refractivity contribution in [3.63, 3.8) is 0 Å². The molecule has 2 aromatic rings. The molecule has 7 heteroatoms. The van der Waals surface area contributed by atoms with Gasteiger partial charge >= 0.3 is 5.97 Å². The molecule has 0 bridgehead atoms. The summed E-state index contributed by atoms with van der Waals surface area (Å²) in [6.45, 7) is 1.08. The Morgan fingerprint density at radius 1 is 1.29 bits per heavy atom. The van der Waals surface area contributed by atoms with Gasteiger partial charge in [0.1, 0.15) is 5.82 Å². The molecule has 6 nitrogen and oxygen atoms in total. The van der Waals surface area contributed by atoms with Crippen molar-refractivity contribution in [2.45, 2.75) is 25.4 Å². The van der Waals surface area contributed by atoms with Crippen LogP contribution in [-0.4, -0.2) is 38.2 Å². The third kappa shape index (κ3) is 3.29. The van der Waals surface area contributed by atoms with Crippen molar-refractivity contribution in [3.05, 3.63) is 54.1 Å². The molecule has 126 valence electrons. The van der Waals surface area contributed by atoms with Crippen molar-refractivity contribution >= 4 is 11.9 Å². The quantitative estimate of drug-likeness (QED) is 0.879. The van der Waals surface area contributed by atoms with Crippen LogP contribution < -0.4 is 0 Å². The average Bonchev–Trinajstić information content (AvgIpc) is 3.17. The predicted molar refractivity (Wildman–Crippen MR) is 83.4 cm³/mol. The van der Waals surface area contributed by atoms with Gasteiger partial charge in [-0.1, -0.05) is 12.1 Å². The number of aromatic nitrogens is 2. The van der Waals surface area contributed by atoms with Gasteiger partial charge in [-0.15, -0.1) is 0 Å². The highest BCUT2D eigenvalue weighted by molar-refractivity contribution is 5.87. The smallest absolute Gasteiger partial charge is 0.309 e. The zero-order chi connectivity index (χ0) is 17.1. The molecular formula is C17H18FN3O3. The Hall–Kier alpha value is -2.70. The molecule has 24 heavy (non-hydrogen) atoms. The van der Waals surface area contributed by atoms with Crippen LogP contribution in [-0.2, 0) is 16.1 Å². The first-order valence-electron chi connectivity index (χ1n) is 7.81. The van der Waals surface area contributed by atoms with Crippen molar-refractivity contribution < 1.29 is 19.1 Å². The van der Waals surface area contributed by atoms with Gasteiger partial charge in [-0.25, -0.2) is 4.39 Å². The van der Waals surface area contributed by atoms with E-state index in [1.54, 1.807) is 27.9 Å². The Bertz CT molecular complexity index is 715. The molecule has 1 fully saturated rings. The molecule has 1 saturated heterocycles. The first-order valence-corrected chi connectivity index (χ1v) is 7.81. The molecule has 0 radical (unpaired) electrons. The predicted octanol–water partition coefficient (Wildman–Crippen LogP) is 2.09. The second-order valence-electron chi connectivity index (χ2n) is 5.86. The summed E-state index contributed by atoms with van der Waals surface area (Å²) in [5.41, 5.74) is 0.647. The molecule has 0 saturated carbocycles. The van der Waals surface area contributed by atoms with E-state index in [0.29, 0.717) is 25.1 Å². The lowest BCUT2D eigenvalue weighted by Gasteiger charge is -2.27. The van der Waals surface area contributed by atoms with Gasteiger partial charge in [0.05, 0.1) is 12.0 Å². The Morgan fingerprint density at radius 3 is 2.67 bits per heavy atom. The summed E-state index contributed by atoms with van der Waals surface area (Å²) in [7, 11) is 0. The largest absolute Gasteiger partial charge is 0.481 e. The highest BCUT2D eigenvalue weighted by Crippen LogP contribution is 2.38. The minimum Gasteiger partial charge on any atom is -0.481 e. The monoisotopic (exact) mass is 331 g/mol. The fourth-order valence-corrected chi connectivity index (χ4v) is 3.18. The van der Waals surface area contributed by atoms with Crippen molar-refractivity contribution in [2.75, 3.05) is 6.54 Å². The maximum Gasteiger partial charge on any atom is 0.309 e. The topological polar surface area (TPSA) is 75.4 Å². The number of halogens is 1. The maximum absolute atomic E-state index is 13.2. The van der Waals surface area contributed by atoms with Crippen molar-refractivity contribution in [2.24, 2.45) is 5.92 Å². The Morgan fingerprint density at radius 2 is 2.04 bits per heavy atom. The lowest BCUT2D eigenvalue weighted by molar-refractivity contribution is -0.142. The molecule has 2 unspecified atom stereocenters. The van der Waals surface area contributed by atoms with Gasteiger partial charge in [0.15, 0.2) is 0 Å². The number of carboxylic acid groups (broad SMARTS) is 1. The van der Waals surface area contributed by atoms with Crippen LogP contribution in [0.1, 0.15) is 24.4 Å². The molecule has 1 aromatic heterocycles. The number of likely N-dealkylation sites (tertiary alicyclic amines) is 1. The number of nitrogens with zero attached hydrogens (tertiary/aromatic N) is 3. The number of hydrogen-bond acceptors (Lipinski definition) is 3. The number of carbonyl (C=O) groups is 2. The number of hydrogen-bond donors (Lipinski definition) is 1. The molecule has 2 heterocycles. The lowest BCUT2D eigenvalue weighted by Crippen LogP contribution is -2.32. The van der Waals surface area contributed by atoms with E-state index < -0.39 is 17.9 Å². The molecule has 1 amide bonds. The Balaban J connectivity index is 1.77. The number of amides is 1. The summed E-state index contributed by atoms with van der Waals surface area (Å²) in [6, 6.07) is 6.94. The summed E-state index contributed by atoms with van der Waals surface area (Å²) in [5, 5.41) is 13.6. The van der Waals surface area contributed by atoms with Gasteiger partial charge < -0.3 is 10.0 Å². The molecule has 1 aromatic carbocycles. The first-order chi connectivity index (χ1) is 11.6. The first kappa shape index (κ1) is 16.2. The van der Waals surface area contributed by atoms with Crippen LogP contribution in [0.3, 0.4) is 0 Å². The zero-order valence-corrected chi connectivity index (χ0v) is 13.0. The SMILES string of the molecule is O=C(O)C1CC(=O)N(CCCn2cccn2)C1c1ccc(F)cc1. The minimum absolute atomic E-state index is 0.0286. The van der Waals surface area contributed by atoms with Crippen LogP contribution in [0.4, 0.5) is 4.39 Å². The van der Waals surface area contributed by atoms with Crippen molar-refractivity contribution in [1.82, 2.24) is 14.7 Å². The second-order valence-corrected chi connectivity index (χ2v) is 5.86. The van der Waals surface area contributed by atoms with E-state index in [9.17, 15) is 19.1 Å². The van der Waals surface area contributed by atoms with Gasteiger partial charge in [0.2, 0.25) is 5.91 Å². The minimum atomic E-state index is -1.01. The molecule has 0 aliphatic carbocycles. The van der Waals surface area contributed by atoms with Gasteiger partial charge in [-0.05, 0) is 30.2 Å². The van der Waals surface area contributed by atoms with Gasteiger partial charge in [0.25, 0.3) is 0 Å². The summed E-state index contributed by atoms with van der Waals surface area (Å²) in [6.07, 6.45) is 4.16. The van der Waals surface area contributed by atoms with Crippen LogP contribution in [0.25, 0.3) is 0 Å². The average molecular weight is 331 g/mol. The van der Waals surface area contributed by atoms with E-state index >= 15 is 0 Å². The second kappa shape index (κ2) is 6.82. The fourth-order valence-electron chi connectivity index (χ4n) is 3.18. The summed E-state index contributed by atoms with van der Waals surface area (Å²) in [4.78, 5) is 25.4. The Kier molecular flexibility index (Phi) is 4.59. The van der Waals surface area contributed by atoms with Crippen LogP contribution in [0.2, 0.25) is 0 Å². The van der Waals surface area contributed by atoms with Gasteiger partial charge in [-0.2, -0.15) is 5.10 Å². The van der Waals surface area contributed by atoms with Crippen molar-refractivity contribution in [1.29, 1.82) is 0 Å². The van der Waals surface area contributed by atoms with Crippen LogP contribution in [0, 0.1) is 11.7 Å². The molecule has 1 aliphatic heterocycles. The number of carbonyl (C=O) groups excluding carboxylic acids is 1. The van der Waals surface area contributed by atoms with E-state index in [1.165, 1.54) is 12.1 Å². The highest BCUT2D eigenvalue weighted by Gasteiger charge is 2.44. The van der Waals surface area contributed by atoms with E-state index in [-0.39, 0.29) is 18.1 Å². The number of carboxylic acids is 1.